The van der Waals surface area contributed by atoms with Crippen LogP contribution in [0.25, 0.3) is 0 Å². The Labute approximate surface area is 356 Å². The summed E-state index contributed by atoms with van der Waals surface area (Å²) in [5.74, 6) is -0.947. The van der Waals surface area contributed by atoms with Crippen LogP contribution in [0.15, 0.2) is 90.5 Å². The van der Waals surface area contributed by atoms with Gasteiger partial charge in [-0.25, -0.2) is 0 Å². The lowest BCUT2D eigenvalue weighted by atomic mass is 9.32. The van der Waals surface area contributed by atoms with Gasteiger partial charge in [0.05, 0.1) is 44.5 Å². The van der Waals surface area contributed by atoms with E-state index in [1.165, 1.54) is 55.5 Å². The number of aliphatic hydroxyl groups excluding tert-OH is 1. The number of ketones is 1. The molecule has 9 rings (SSSR count). The van der Waals surface area contributed by atoms with Gasteiger partial charge in [0.15, 0.2) is 17.3 Å². The number of ether oxygens (including phenoxy) is 3. The van der Waals surface area contributed by atoms with Crippen LogP contribution in [0, 0.1) is 33.5 Å². The van der Waals surface area contributed by atoms with Crippen molar-refractivity contribution in [3.63, 3.8) is 0 Å². The summed E-state index contributed by atoms with van der Waals surface area (Å²) < 4.78 is 95.9. The van der Waals surface area contributed by atoms with E-state index in [2.05, 4.69) is 23.8 Å². The molecule has 0 saturated heterocycles. The molecule has 1 amide bonds. The number of methoxy groups -OCH3 is 2. The summed E-state index contributed by atoms with van der Waals surface area (Å²) in [6.07, 6.45) is -0.817. The van der Waals surface area contributed by atoms with Gasteiger partial charge < -0.3 is 29.3 Å². The lowest BCUT2D eigenvalue weighted by molar-refractivity contribution is -0.274. The van der Waals surface area contributed by atoms with Gasteiger partial charge in [-0.1, -0.05) is 62.4 Å². The number of carbonyl (C=O) groups is 2. The van der Waals surface area contributed by atoms with Crippen LogP contribution in [0.1, 0.15) is 85.8 Å². The Balaban J connectivity index is 1.18. The highest BCUT2D eigenvalue weighted by Gasteiger charge is 2.74. The number of nitrogens with zero attached hydrogens (tertiary/aromatic N) is 1. The van der Waals surface area contributed by atoms with Gasteiger partial charge in [0.1, 0.15) is 5.75 Å². The van der Waals surface area contributed by atoms with Crippen LogP contribution in [0.3, 0.4) is 0 Å². The SMILES string of the molecule is COc1ccc(CC(=O)N(Cc2ccc(OC(F)(F)F)cc2)CC2(O)CCC3C45C=CC6(C=C4C(=O)c4cccc(C(F)(F)F)c4)CC(O)CCC6(C)C5CCC32C)cc1OC. The number of allylic oxidation sites excluding steroid dienone is 4. The normalized spacial score (nSPS) is 32.3. The van der Waals surface area contributed by atoms with Gasteiger partial charge in [-0.05, 0) is 110 Å². The van der Waals surface area contributed by atoms with Crippen molar-refractivity contribution >= 4 is 11.7 Å². The van der Waals surface area contributed by atoms with Gasteiger partial charge in [0, 0.05) is 33.9 Å². The van der Waals surface area contributed by atoms with Gasteiger partial charge in [-0.2, -0.15) is 13.2 Å². The molecule has 2 spiro atoms. The quantitative estimate of drug-likeness (QED) is 0.112. The van der Waals surface area contributed by atoms with Gasteiger partial charge in [0.25, 0.3) is 0 Å². The number of benzene rings is 3. The molecule has 0 radical (unpaired) electrons. The second-order valence-corrected chi connectivity index (χ2v) is 18.5. The largest absolute Gasteiger partial charge is 0.573 e. The number of rotatable bonds is 11. The number of Topliss-reactive ketones (excluding diaryl/α,β-unsaturated/α-hetero) is 1. The van der Waals surface area contributed by atoms with Crippen LogP contribution >= 0.6 is 0 Å². The fourth-order valence-corrected chi connectivity index (χ4v) is 12.4. The van der Waals surface area contributed by atoms with Crippen molar-refractivity contribution in [2.24, 2.45) is 33.5 Å². The zero-order chi connectivity index (χ0) is 44.7. The van der Waals surface area contributed by atoms with Crippen LogP contribution in [0.4, 0.5) is 26.3 Å². The molecule has 0 heterocycles. The molecule has 6 aliphatic rings. The Hall–Kier alpha value is -4.82. The summed E-state index contributed by atoms with van der Waals surface area (Å²) in [5.41, 5.74) is -4.09. The van der Waals surface area contributed by atoms with Crippen molar-refractivity contribution in [1.82, 2.24) is 4.90 Å². The number of halogens is 6. The number of hydrogen-bond acceptors (Lipinski definition) is 7. The zero-order valence-corrected chi connectivity index (χ0v) is 35.0. The molecular formula is C48H51F6NO7. The van der Waals surface area contributed by atoms with E-state index in [9.17, 15) is 46.1 Å². The molecule has 8 nitrogen and oxygen atoms in total. The second kappa shape index (κ2) is 15.2. The molecule has 3 aromatic carbocycles. The molecule has 0 aromatic heterocycles. The molecule has 6 aliphatic carbocycles. The first-order valence-corrected chi connectivity index (χ1v) is 21.0. The van der Waals surface area contributed by atoms with E-state index in [1.807, 2.05) is 13.0 Å². The predicted molar refractivity (Wildman–Crippen MR) is 216 cm³/mol. The Bertz CT molecular complexity index is 2310. The average Bonchev–Trinajstić information content (AvgIpc) is 3.49. The summed E-state index contributed by atoms with van der Waals surface area (Å²) in [4.78, 5) is 30.9. The van der Waals surface area contributed by atoms with E-state index < -0.39 is 63.0 Å². The van der Waals surface area contributed by atoms with Crippen molar-refractivity contribution in [3.8, 4) is 17.2 Å². The molecular weight excluding hydrogens is 817 g/mol. The minimum Gasteiger partial charge on any atom is -0.493 e. The zero-order valence-electron chi connectivity index (χ0n) is 35.0. The maximum atomic E-state index is 14.9. The van der Waals surface area contributed by atoms with Gasteiger partial charge >= 0.3 is 12.5 Å². The van der Waals surface area contributed by atoms with Crippen molar-refractivity contribution in [3.05, 3.63) is 113 Å². The van der Waals surface area contributed by atoms with Crippen LogP contribution in [-0.2, 0) is 23.9 Å². The van der Waals surface area contributed by atoms with Crippen molar-refractivity contribution < 1.29 is 60.4 Å². The summed E-state index contributed by atoms with van der Waals surface area (Å²) in [6.45, 7) is 3.98. The first-order valence-electron chi connectivity index (χ1n) is 21.0. The number of hydrogen-bond donors (Lipinski definition) is 2. The lowest BCUT2D eigenvalue weighted by Crippen LogP contribution is -2.67. The molecule has 62 heavy (non-hydrogen) atoms. The number of aliphatic hydroxyl groups is 2. The van der Waals surface area contributed by atoms with Gasteiger partial charge in [-0.15, -0.1) is 13.2 Å². The Morgan fingerprint density at radius 1 is 0.806 bits per heavy atom. The van der Waals surface area contributed by atoms with E-state index >= 15 is 0 Å². The molecule has 3 saturated carbocycles. The van der Waals surface area contributed by atoms with E-state index in [4.69, 9.17) is 9.47 Å². The number of carbonyl (C=O) groups excluding carboxylic acids is 2. The highest BCUT2D eigenvalue weighted by Crippen LogP contribution is 2.78. The molecule has 0 aliphatic heterocycles. The first-order chi connectivity index (χ1) is 29.1. The molecule has 2 bridgehead atoms. The molecule has 8 atom stereocenters. The highest BCUT2D eigenvalue weighted by atomic mass is 19.4. The third-order valence-corrected chi connectivity index (χ3v) is 15.5. The fourth-order valence-electron chi connectivity index (χ4n) is 12.4. The second-order valence-electron chi connectivity index (χ2n) is 18.5. The topological polar surface area (TPSA) is 106 Å². The summed E-state index contributed by atoms with van der Waals surface area (Å²) in [6, 6.07) is 14.7. The smallest absolute Gasteiger partial charge is 0.493 e. The first kappa shape index (κ1) is 43.8. The van der Waals surface area contributed by atoms with Gasteiger partial charge in [-0.3, -0.25) is 9.59 Å². The Kier molecular flexibility index (Phi) is 10.7. The molecule has 332 valence electrons. The standard InChI is InChI=1S/C48H51F6NO7/c1-42-17-14-33(56)25-44(42)20-21-46(35(26-44)41(58)31-6-5-7-32(24-31)47(49,50)51)38(42)15-18-43(2)39(46)16-19-45(43,59)28-55(27-29-8-11-34(12-9-29)62-48(52,53)54)40(57)23-30-10-13-36(60-3)37(22-30)61-4/h5-13,20-22,24,26,33,38-39,56,59H,14-19,23,25,27-28H2,1-4H3. The van der Waals surface area contributed by atoms with Crippen LogP contribution in [-0.4, -0.2) is 65.6 Å². The van der Waals surface area contributed by atoms with Crippen molar-refractivity contribution in [2.45, 2.75) is 96.0 Å². The Morgan fingerprint density at radius 3 is 2.15 bits per heavy atom. The minimum atomic E-state index is -4.89. The van der Waals surface area contributed by atoms with E-state index in [1.54, 1.807) is 18.2 Å². The monoisotopic (exact) mass is 867 g/mol. The highest BCUT2D eigenvalue weighted by molar-refractivity contribution is 6.10. The molecule has 3 fully saturated rings. The maximum Gasteiger partial charge on any atom is 0.573 e. The number of amides is 1. The van der Waals surface area contributed by atoms with Crippen molar-refractivity contribution in [1.29, 1.82) is 0 Å². The van der Waals surface area contributed by atoms with E-state index in [-0.39, 0.29) is 49.2 Å². The average molecular weight is 868 g/mol. The van der Waals surface area contributed by atoms with Crippen LogP contribution < -0.4 is 14.2 Å². The molecule has 3 aromatic rings. The van der Waals surface area contributed by atoms with Gasteiger partial charge in [0.2, 0.25) is 5.91 Å². The summed E-state index contributed by atoms with van der Waals surface area (Å²) >= 11 is 0. The van der Waals surface area contributed by atoms with E-state index in [0.717, 1.165) is 12.1 Å². The van der Waals surface area contributed by atoms with Crippen LogP contribution in [0.2, 0.25) is 0 Å². The predicted octanol–water partition coefficient (Wildman–Crippen LogP) is 9.67. The third-order valence-electron chi connectivity index (χ3n) is 15.5. The van der Waals surface area contributed by atoms with E-state index in [0.29, 0.717) is 66.7 Å². The number of alkyl halides is 6. The van der Waals surface area contributed by atoms with Crippen LogP contribution in [0.5, 0.6) is 17.2 Å². The maximum absolute atomic E-state index is 14.9. The number of fused-ring (bicyclic) bond motifs is 1. The summed E-state index contributed by atoms with van der Waals surface area (Å²) in [7, 11) is 2.97. The fraction of sp³-hybridized carbons (Fsp3) is 0.500. The minimum absolute atomic E-state index is 0.0583. The summed E-state index contributed by atoms with van der Waals surface area (Å²) in [5, 5.41) is 24.2. The third kappa shape index (κ3) is 7.09. The molecule has 14 heteroatoms. The lowest BCUT2D eigenvalue weighted by Gasteiger charge is -2.71. The molecule has 2 N–H and O–H groups in total. The van der Waals surface area contributed by atoms with Crippen molar-refractivity contribution in [2.75, 3.05) is 20.8 Å². The Morgan fingerprint density at radius 2 is 1.47 bits per heavy atom. The molecule has 8 unspecified atom stereocenters.